The van der Waals surface area contributed by atoms with E-state index in [0.29, 0.717) is 11.8 Å². The highest BCUT2D eigenvalue weighted by Gasteiger charge is 2.12. The summed E-state index contributed by atoms with van der Waals surface area (Å²) in [5.74, 6) is 0.831. The van der Waals surface area contributed by atoms with Gasteiger partial charge < -0.3 is 0 Å². The van der Waals surface area contributed by atoms with Gasteiger partial charge in [-0.1, -0.05) is 52.0 Å². The molecule has 0 unspecified atom stereocenters. The van der Waals surface area contributed by atoms with Crippen molar-refractivity contribution in [1.29, 1.82) is 0 Å². The topological polar surface area (TPSA) is 25.8 Å². The summed E-state index contributed by atoms with van der Waals surface area (Å²) in [4.78, 5) is 0. The molecule has 2 nitrogen and oxygen atoms in total. The fourth-order valence-corrected chi connectivity index (χ4v) is 2.00. The first-order valence-corrected chi connectivity index (χ1v) is 5.86. The zero-order valence-corrected chi connectivity index (χ0v) is 10.4. The van der Waals surface area contributed by atoms with Crippen LogP contribution in [0.1, 0.15) is 50.9 Å². The standard InChI is InChI=1S/C14H18N2/c1-9(2)13-11-7-5-6-8-12(11)14(10(3)4)16-15-13/h5-10H,1-4H3. The molecule has 0 atom stereocenters. The molecular weight excluding hydrogens is 196 g/mol. The van der Waals surface area contributed by atoms with Crippen LogP contribution in [0.5, 0.6) is 0 Å². The van der Waals surface area contributed by atoms with E-state index in [9.17, 15) is 0 Å². The molecule has 16 heavy (non-hydrogen) atoms. The largest absolute Gasteiger partial charge is 0.154 e. The van der Waals surface area contributed by atoms with Crippen LogP contribution in [-0.2, 0) is 0 Å². The van der Waals surface area contributed by atoms with Crippen LogP contribution in [-0.4, -0.2) is 10.2 Å². The average Bonchev–Trinajstić information content (AvgIpc) is 2.27. The van der Waals surface area contributed by atoms with Gasteiger partial charge in [0.2, 0.25) is 0 Å². The molecule has 0 aliphatic rings. The second-order valence-corrected chi connectivity index (χ2v) is 4.83. The van der Waals surface area contributed by atoms with E-state index in [0.717, 1.165) is 11.4 Å². The maximum absolute atomic E-state index is 4.38. The lowest BCUT2D eigenvalue weighted by molar-refractivity contribution is 0.750. The molecule has 0 radical (unpaired) electrons. The van der Waals surface area contributed by atoms with E-state index in [1.54, 1.807) is 0 Å². The van der Waals surface area contributed by atoms with Gasteiger partial charge in [0.05, 0.1) is 11.4 Å². The summed E-state index contributed by atoms with van der Waals surface area (Å²) < 4.78 is 0. The van der Waals surface area contributed by atoms with Crippen molar-refractivity contribution in [3.63, 3.8) is 0 Å². The molecule has 1 aromatic heterocycles. The van der Waals surface area contributed by atoms with Crippen LogP contribution < -0.4 is 0 Å². The molecule has 0 aliphatic carbocycles. The van der Waals surface area contributed by atoms with E-state index in [4.69, 9.17) is 0 Å². The monoisotopic (exact) mass is 214 g/mol. The lowest BCUT2D eigenvalue weighted by Gasteiger charge is -2.12. The summed E-state index contributed by atoms with van der Waals surface area (Å²) in [5.41, 5.74) is 2.19. The quantitative estimate of drug-likeness (QED) is 0.758. The highest BCUT2D eigenvalue weighted by molar-refractivity contribution is 5.86. The predicted octanol–water partition coefficient (Wildman–Crippen LogP) is 3.88. The first kappa shape index (κ1) is 11.1. The van der Waals surface area contributed by atoms with Gasteiger partial charge in [0.1, 0.15) is 0 Å². The summed E-state index contributed by atoms with van der Waals surface area (Å²) >= 11 is 0. The lowest BCUT2D eigenvalue weighted by Crippen LogP contribution is -2.03. The van der Waals surface area contributed by atoms with Gasteiger partial charge in [0.25, 0.3) is 0 Å². The first-order chi connectivity index (χ1) is 7.61. The fourth-order valence-electron chi connectivity index (χ4n) is 2.00. The predicted molar refractivity (Wildman–Crippen MR) is 67.7 cm³/mol. The fraction of sp³-hybridized carbons (Fsp3) is 0.429. The second-order valence-electron chi connectivity index (χ2n) is 4.83. The third-order valence-electron chi connectivity index (χ3n) is 2.84. The average molecular weight is 214 g/mol. The Bertz CT molecular complexity index is 455. The lowest BCUT2D eigenvalue weighted by atomic mass is 9.98. The molecule has 0 spiro atoms. The Hall–Kier alpha value is -1.44. The van der Waals surface area contributed by atoms with Gasteiger partial charge >= 0.3 is 0 Å². The van der Waals surface area contributed by atoms with Crippen molar-refractivity contribution in [3.8, 4) is 0 Å². The van der Waals surface area contributed by atoms with E-state index >= 15 is 0 Å². The molecule has 2 rings (SSSR count). The Kier molecular flexibility index (Phi) is 2.90. The Balaban J connectivity index is 2.77. The third kappa shape index (κ3) is 1.80. The number of fused-ring (bicyclic) bond motifs is 1. The van der Waals surface area contributed by atoms with Crippen molar-refractivity contribution in [2.45, 2.75) is 39.5 Å². The van der Waals surface area contributed by atoms with Crippen molar-refractivity contribution in [2.24, 2.45) is 0 Å². The molecule has 0 bridgehead atoms. The van der Waals surface area contributed by atoms with Gasteiger partial charge in [-0.2, -0.15) is 10.2 Å². The van der Waals surface area contributed by atoms with E-state index < -0.39 is 0 Å². The maximum atomic E-state index is 4.38. The van der Waals surface area contributed by atoms with Gasteiger partial charge in [0.15, 0.2) is 0 Å². The highest BCUT2D eigenvalue weighted by Crippen LogP contribution is 2.27. The van der Waals surface area contributed by atoms with Gasteiger partial charge in [0, 0.05) is 10.8 Å². The number of hydrogen-bond acceptors (Lipinski definition) is 2. The second kappa shape index (κ2) is 4.20. The van der Waals surface area contributed by atoms with Gasteiger partial charge in [-0.3, -0.25) is 0 Å². The summed E-state index contributed by atoms with van der Waals surface area (Å²) in [5, 5.41) is 11.2. The SMILES string of the molecule is CC(C)c1nnc(C(C)C)c2ccccc12. The van der Waals surface area contributed by atoms with Crippen LogP contribution in [0.15, 0.2) is 24.3 Å². The number of aromatic nitrogens is 2. The van der Waals surface area contributed by atoms with Crippen LogP contribution in [0.25, 0.3) is 10.8 Å². The number of nitrogens with zero attached hydrogens (tertiary/aromatic N) is 2. The molecule has 0 fully saturated rings. The molecule has 1 aromatic carbocycles. The minimum Gasteiger partial charge on any atom is -0.154 e. The molecule has 2 heteroatoms. The normalized spacial score (nSPS) is 11.6. The molecule has 1 heterocycles. The molecule has 84 valence electrons. The molecule has 0 saturated carbocycles. The van der Waals surface area contributed by atoms with Gasteiger partial charge in [-0.15, -0.1) is 0 Å². The summed E-state index contributed by atoms with van der Waals surface area (Å²) in [6.45, 7) is 8.63. The van der Waals surface area contributed by atoms with E-state index in [2.05, 4.69) is 62.2 Å². The van der Waals surface area contributed by atoms with Crippen molar-refractivity contribution in [1.82, 2.24) is 10.2 Å². The maximum Gasteiger partial charge on any atom is 0.0734 e. The van der Waals surface area contributed by atoms with Crippen LogP contribution >= 0.6 is 0 Å². The highest BCUT2D eigenvalue weighted by atomic mass is 15.1. The zero-order valence-electron chi connectivity index (χ0n) is 10.4. The Morgan fingerprint density at radius 2 is 1.12 bits per heavy atom. The third-order valence-corrected chi connectivity index (χ3v) is 2.84. The van der Waals surface area contributed by atoms with Crippen LogP contribution in [0.2, 0.25) is 0 Å². The smallest absolute Gasteiger partial charge is 0.0734 e. The minimum absolute atomic E-state index is 0.415. The summed E-state index contributed by atoms with van der Waals surface area (Å²) in [6, 6.07) is 8.43. The van der Waals surface area contributed by atoms with Gasteiger partial charge in [-0.25, -0.2) is 0 Å². The van der Waals surface area contributed by atoms with Crippen molar-refractivity contribution in [2.75, 3.05) is 0 Å². The van der Waals surface area contributed by atoms with Gasteiger partial charge in [-0.05, 0) is 11.8 Å². The molecule has 0 N–H and O–H groups in total. The van der Waals surface area contributed by atoms with Crippen LogP contribution in [0.4, 0.5) is 0 Å². The Labute approximate surface area is 96.7 Å². The number of hydrogen-bond donors (Lipinski definition) is 0. The molecular formula is C14H18N2. The molecule has 0 aliphatic heterocycles. The molecule has 0 saturated heterocycles. The van der Waals surface area contributed by atoms with Crippen LogP contribution in [0.3, 0.4) is 0 Å². The molecule has 2 aromatic rings. The minimum atomic E-state index is 0.415. The Morgan fingerprint density at radius 3 is 1.44 bits per heavy atom. The summed E-state index contributed by atoms with van der Waals surface area (Å²) in [7, 11) is 0. The van der Waals surface area contributed by atoms with Crippen molar-refractivity contribution >= 4 is 10.8 Å². The zero-order chi connectivity index (χ0) is 11.7. The van der Waals surface area contributed by atoms with Crippen molar-refractivity contribution in [3.05, 3.63) is 35.7 Å². The Morgan fingerprint density at radius 1 is 0.750 bits per heavy atom. The number of benzene rings is 1. The first-order valence-electron chi connectivity index (χ1n) is 5.86. The van der Waals surface area contributed by atoms with E-state index in [-0.39, 0.29) is 0 Å². The number of rotatable bonds is 2. The van der Waals surface area contributed by atoms with Crippen LogP contribution in [0, 0.1) is 0 Å². The van der Waals surface area contributed by atoms with E-state index in [1.807, 2.05) is 0 Å². The van der Waals surface area contributed by atoms with E-state index in [1.165, 1.54) is 10.8 Å². The molecule has 0 amide bonds. The van der Waals surface area contributed by atoms with Crippen molar-refractivity contribution < 1.29 is 0 Å². The summed E-state index contributed by atoms with van der Waals surface area (Å²) in [6.07, 6.45) is 0.